The Morgan fingerprint density at radius 2 is 1.89 bits per heavy atom. The van der Waals surface area contributed by atoms with Crippen molar-refractivity contribution >= 4 is 5.97 Å². The van der Waals surface area contributed by atoms with E-state index in [1.54, 1.807) is 13.8 Å². The van der Waals surface area contributed by atoms with E-state index >= 15 is 0 Å². The van der Waals surface area contributed by atoms with Gasteiger partial charge in [-0.2, -0.15) is 0 Å². The van der Waals surface area contributed by atoms with Crippen LogP contribution in [0.25, 0.3) is 0 Å². The first-order chi connectivity index (χ1) is 8.81. The zero-order valence-electron chi connectivity index (χ0n) is 12.0. The number of aliphatic hydroxyl groups excluding tert-OH is 1. The minimum absolute atomic E-state index is 0.0848. The second-order valence-corrected chi connectivity index (χ2v) is 4.61. The topological polar surface area (TPSA) is 83.5 Å². The molecule has 0 bridgehead atoms. The molecule has 0 spiro atoms. The van der Waals surface area contributed by atoms with Crippen molar-refractivity contribution in [2.24, 2.45) is 0 Å². The first kappa shape index (κ1) is 16.3. The zero-order chi connectivity index (χ0) is 14.7. The smallest absolute Gasteiger partial charge is 0.308 e. The summed E-state index contributed by atoms with van der Waals surface area (Å²) in [5.74, 6) is -2.80. The molecule has 0 aliphatic carbocycles. The summed E-state index contributed by atoms with van der Waals surface area (Å²) in [5, 5.41) is 9.94. The third-order valence-corrected chi connectivity index (χ3v) is 3.54. The summed E-state index contributed by atoms with van der Waals surface area (Å²) in [5.41, 5.74) is 0. The number of carbonyl (C=O) groups is 1. The number of aliphatic hydroxyl groups is 1. The van der Waals surface area contributed by atoms with Crippen LogP contribution in [0.1, 0.15) is 20.3 Å². The van der Waals surface area contributed by atoms with Gasteiger partial charge in [0, 0.05) is 14.2 Å². The maximum Gasteiger partial charge on any atom is 0.308 e. The fourth-order valence-electron chi connectivity index (χ4n) is 1.86. The molecule has 1 heterocycles. The second kappa shape index (κ2) is 6.15. The lowest BCUT2D eigenvalue weighted by atomic mass is 10.0. The van der Waals surface area contributed by atoms with Crippen molar-refractivity contribution in [2.45, 2.75) is 44.1 Å². The third-order valence-electron chi connectivity index (χ3n) is 3.54. The Hall–Kier alpha value is -0.730. The molecule has 0 unspecified atom stereocenters. The van der Waals surface area contributed by atoms with Crippen molar-refractivity contribution in [3.8, 4) is 0 Å². The predicted molar refractivity (Wildman–Crippen MR) is 64.3 cm³/mol. The summed E-state index contributed by atoms with van der Waals surface area (Å²) in [4.78, 5) is 11.1. The zero-order valence-corrected chi connectivity index (χ0v) is 12.0. The van der Waals surface area contributed by atoms with Crippen molar-refractivity contribution in [1.82, 2.24) is 0 Å². The normalized spacial score (nSPS) is 36.8. The molecule has 1 N–H and O–H groups in total. The third kappa shape index (κ3) is 3.24. The Labute approximate surface area is 112 Å². The summed E-state index contributed by atoms with van der Waals surface area (Å²) in [6.07, 6.45) is -1.91. The van der Waals surface area contributed by atoms with Crippen LogP contribution in [0.3, 0.4) is 0 Å². The monoisotopic (exact) mass is 278 g/mol. The van der Waals surface area contributed by atoms with Crippen LogP contribution in [-0.4, -0.2) is 62.8 Å². The molecule has 4 atom stereocenters. The molecule has 112 valence electrons. The summed E-state index contributed by atoms with van der Waals surface area (Å²) >= 11 is 0. The van der Waals surface area contributed by atoms with Gasteiger partial charge in [-0.15, -0.1) is 0 Å². The van der Waals surface area contributed by atoms with Gasteiger partial charge in [0.15, 0.2) is 0 Å². The van der Waals surface area contributed by atoms with E-state index in [-0.39, 0.29) is 13.0 Å². The van der Waals surface area contributed by atoms with Crippen LogP contribution in [0.4, 0.5) is 0 Å². The second-order valence-electron chi connectivity index (χ2n) is 4.61. The molecule has 0 aromatic carbocycles. The van der Waals surface area contributed by atoms with E-state index in [4.69, 9.17) is 18.9 Å². The molecular formula is C12H22O7. The molecular weight excluding hydrogens is 256 g/mol. The highest BCUT2D eigenvalue weighted by Gasteiger charge is 2.54. The van der Waals surface area contributed by atoms with Crippen LogP contribution in [0.5, 0.6) is 0 Å². The number of hydrogen-bond acceptors (Lipinski definition) is 7. The predicted octanol–water partition coefficient (Wildman–Crippen LogP) is 0.0510. The van der Waals surface area contributed by atoms with Gasteiger partial charge in [-0.3, -0.25) is 4.79 Å². The highest BCUT2D eigenvalue weighted by Crippen LogP contribution is 2.37. The number of rotatable bonds is 5. The van der Waals surface area contributed by atoms with Crippen molar-refractivity contribution in [3.63, 3.8) is 0 Å². The summed E-state index contributed by atoms with van der Waals surface area (Å²) in [6, 6.07) is 0. The highest BCUT2D eigenvalue weighted by molar-refractivity contribution is 5.69. The maximum atomic E-state index is 11.1. The van der Waals surface area contributed by atoms with Crippen molar-refractivity contribution in [3.05, 3.63) is 0 Å². The SMILES string of the molecule is COC(=O)C[C@@H](O)[C@@H]1CO[C@@](C)(OC)[C@](C)(OC)O1. The van der Waals surface area contributed by atoms with Gasteiger partial charge < -0.3 is 28.8 Å². The fraction of sp³-hybridized carbons (Fsp3) is 0.917. The lowest BCUT2D eigenvalue weighted by Gasteiger charge is -2.49. The van der Waals surface area contributed by atoms with E-state index in [1.807, 2.05) is 0 Å². The molecule has 1 rings (SSSR count). The van der Waals surface area contributed by atoms with Gasteiger partial charge in [-0.25, -0.2) is 0 Å². The summed E-state index contributed by atoms with van der Waals surface area (Å²) in [6.45, 7) is 3.41. The summed E-state index contributed by atoms with van der Waals surface area (Å²) in [7, 11) is 4.19. The van der Waals surface area contributed by atoms with Crippen LogP contribution in [0.15, 0.2) is 0 Å². The highest BCUT2D eigenvalue weighted by atomic mass is 16.8. The molecule has 1 aliphatic rings. The molecule has 19 heavy (non-hydrogen) atoms. The first-order valence-corrected chi connectivity index (χ1v) is 5.99. The van der Waals surface area contributed by atoms with E-state index in [9.17, 15) is 9.90 Å². The van der Waals surface area contributed by atoms with Gasteiger partial charge in [-0.1, -0.05) is 0 Å². The van der Waals surface area contributed by atoms with Gasteiger partial charge in [0.25, 0.3) is 0 Å². The molecule has 7 nitrogen and oxygen atoms in total. The van der Waals surface area contributed by atoms with Gasteiger partial charge in [0.1, 0.15) is 6.10 Å². The van der Waals surface area contributed by atoms with E-state index in [0.717, 1.165) is 0 Å². The summed E-state index contributed by atoms with van der Waals surface area (Å²) < 4.78 is 26.4. The molecule has 1 saturated heterocycles. The fourth-order valence-corrected chi connectivity index (χ4v) is 1.86. The van der Waals surface area contributed by atoms with Crippen LogP contribution in [0.2, 0.25) is 0 Å². The lowest BCUT2D eigenvalue weighted by Crippen LogP contribution is -2.64. The average molecular weight is 278 g/mol. The van der Waals surface area contributed by atoms with Crippen LogP contribution >= 0.6 is 0 Å². The quantitative estimate of drug-likeness (QED) is 0.711. The molecule has 0 saturated carbocycles. The van der Waals surface area contributed by atoms with Gasteiger partial charge in [0.05, 0.1) is 26.2 Å². The van der Waals surface area contributed by atoms with E-state index in [1.165, 1.54) is 21.3 Å². The lowest BCUT2D eigenvalue weighted by molar-refractivity contribution is -0.436. The Bertz CT molecular complexity index is 321. The Kier molecular flexibility index (Phi) is 5.28. The minimum Gasteiger partial charge on any atom is -0.469 e. The molecule has 0 aromatic rings. The van der Waals surface area contributed by atoms with Gasteiger partial charge >= 0.3 is 5.97 Å². The Morgan fingerprint density at radius 1 is 1.32 bits per heavy atom. The van der Waals surface area contributed by atoms with E-state index in [0.29, 0.717) is 0 Å². The Morgan fingerprint density at radius 3 is 2.37 bits per heavy atom. The Balaban J connectivity index is 2.75. The molecule has 7 heteroatoms. The minimum atomic E-state index is -1.19. The van der Waals surface area contributed by atoms with Crippen molar-refractivity contribution in [2.75, 3.05) is 27.9 Å². The first-order valence-electron chi connectivity index (χ1n) is 5.99. The molecule has 0 radical (unpaired) electrons. The van der Waals surface area contributed by atoms with Gasteiger partial charge in [-0.05, 0) is 13.8 Å². The molecule has 0 amide bonds. The number of ether oxygens (including phenoxy) is 5. The van der Waals surface area contributed by atoms with Crippen LogP contribution in [-0.2, 0) is 28.5 Å². The van der Waals surface area contributed by atoms with Crippen molar-refractivity contribution < 1.29 is 33.6 Å². The number of esters is 1. The average Bonchev–Trinajstić information content (AvgIpc) is 2.41. The van der Waals surface area contributed by atoms with Gasteiger partial charge in [0.2, 0.25) is 11.6 Å². The largest absolute Gasteiger partial charge is 0.469 e. The number of methoxy groups -OCH3 is 3. The number of hydrogen-bond donors (Lipinski definition) is 1. The molecule has 1 aliphatic heterocycles. The van der Waals surface area contributed by atoms with E-state index < -0.39 is 29.8 Å². The molecule has 1 fully saturated rings. The molecule has 0 aromatic heterocycles. The number of carbonyl (C=O) groups excluding carboxylic acids is 1. The van der Waals surface area contributed by atoms with Crippen molar-refractivity contribution in [1.29, 1.82) is 0 Å². The standard InChI is InChI=1S/C12H22O7/c1-11(16-4)12(2,17-5)19-9(7-18-11)8(13)6-10(14)15-3/h8-9,13H,6-7H2,1-5H3/t8-,9+,11-,12-/m1/s1. The van der Waals surface area contributed by atoms with Crippen LogP contribution < -0.4 is 0 Å². The van der Waals surface area contributed by atoms with E-state index in [2.05, 4.69) is 4.74 Å². The maximum absolute atomic E-state index is 11.1. The van der Waals surface area contributed by atoms with Crippen LogP contribution in [0, 0.1) is 0 Å².